The molecule has 0 aliphatic heterocycles. The van der Waals surface area contributed by atoms with Crippen molar-refractivity contribution in [2.45, 2.75) is 18.8 Å². The molecule has 1 aliphatic carbocycles. The third-order valence-corrected chi connectivity index (χ3v) is 4.31. The Bertz CT molecular complexity index is 760. The van der Waals surface area contributed by atoms with Gasteiger partial charge in [-0.15, -0.1) is 0 Å². The van der Waals surface area contributed by atoms with Crippen molar-refractivity contribution in [3.05, 3.63) is 83.4 Å². The van der Waals surface area contributed by atoms with E-state index in [9.17, 15) is 0 Å². The minimum absolute atomic E-state index is 0.584. The predicted molar refractivity (Wildman–Crippen MR) is 93.5 cm³/mol. The molecule has 112 valence electrons. The average molecular weight is 290 g/mol. The second kappa shape index (κ2) is 6.76. The minimum atomic E-state index is 0.584. The lowest BCUT2D eigenvalue weighted by atomic mass is 9.91. The first kappa shape index (κ1) is 14.8. The van der Waals surface area contributed by atoms with Crippen LogP contribution in [0.25, 0.3) is 10.8 Å². The molecule has 1 atom stereocenters. The summed E-state index contributed by atoms with van der Waals surface area (Å²) >= 11 is 0. The highest BCUT2D eigenvalue weighted by molar-refractivity contribution is 5.83. The number of hydrogen-bond acceptors (Lipinski definition) is 1. The van der Waals surface area contributed by atoms with Crippen LogP contribution in [-0.2, 0) is 11.2 Å². The van der Waals surface area contributed by atoms with Crippen molar-refractivity contribution in [1.82, 2.24) is 0 Å². The van der Waals surface area contributed by atoms with E-state index in [2.05, 4.69) is 71.5 Å². The number of methoxy groups -OCH3 is 1. The summed E-state index contributed by atoms with van der Waals surface area (Å²) < 4.78 is 4.25. The van der Waals surface area contributed by atoms with Crippen LogP contribution in [0.3, 0.4) is 0 Å². The first-order valence-electron chi connectivity index (χ1n) is 7.80. The highest BCUT2D eigenvalue weighted by Gasteiger charge is 2.23. The first-order chi connectivity index (χ1) is 10.8. The SMILES string of the molecule is COC.c1ccc2c(c1)CC[C@@H]2c1ccc2ccccc2c1. The van der Waals surface area contributed by atoms with Crippen molar-refractivity contribution in [3.63, 3.8) is 0 Å². The van der Waals surface area contributed by atoms with Gasteiger partial charge in [0.1, 0.15) is 0 Å². The van der Waals surface area contributed by atoms with Crippen LogP contribution in [0.5, 0.6) is 0 Å². The summed E-state index contributed by atoms with van der Waals surface area (Å²) in [6, 6.07) is 24.4. The van der Waals surface area contributed by atoms with E-state index in [0.717, 1.165) is 0 Å². The fourth-order valence-corrected chi connectivity index (χ4v) is 3.33. The van der Waals surface area contributed by atoms with Crippen molar-refractivity contribution in [1.29, 1.82) is 0 Å². The molecule has 0 unspecified atom stereocenters. The number of benzene rings is 3. The van der Waals surface area contributed by atoms with Gasteiger partial charge in [0.2, 0.25) is 0 Å². The van der Waals surface area contributed by atoms with Gasteiger partial charge in [0, 0.05) is 20.1 Å². The Morgan fingerprint density at radius 2 is 1.50 bits per heavy atom. The largest absolute Gasteiger partial charge is 0.388 e. The number of ether oxygens (including phenoxy) is 1. The van der Waals surface area contributed by atoms with Crippen molar-refractivity contribution in [2.75, 3.05) is 14.2 Å². The van der Waals surface area contributed by atoms with Gasteiger partial charge in [0.15, 0.2) is 0 Å². The van der Waals surface area contributed by atoms with E-state index >= 15 is 0 Å². The van der Waals surface area contributed by atoms with Crippen LogP contribution in [0.2, 0.25) is 0 Å². The molecule has 0 saturated carbocycles. The van der Waals surface area contributed by atoms with E-state index in [1.165, 1.54) is 40.3 Å². The van der Waals surface area contributed by atoms with E-state index < -0.39 is 0 Å². The van der Waals surface area contributed by atoms with Gasteiger partial charge >= 0.3 is 0 Å². The summed E-state index contributed by atoms with van der Waals surface area (Å²) in [6.45, 7) is 0. The molecule has 0 aromatic heterocycles. The zero-order valence-corrected chi connectivity index (χ0v) is 13.3. The number of hydrogen-bond donors (Lipinski definition) is 0. The normalized spacial score (nSPS) is 16.0. The van der Waals surface area contributed by atoms with Gasteiger partial charge in [-0.1, -0.05) is 66.7 Å². The van der Waals surface area contributed by atoms with Gasteiger partial charge in [-0.2, -0.15) is 0 Å². The second-order valence-electron chi connectivity index (χ2n) is 5.80. The third kappa shape index (κ3) is 2.90. The molecular formula is C21H22O. The highest BCUT2D eigenvalue weighted by Crippen LogP contribution is 2.38. The van der Waals surface area contributed by atoms with Crippen molar-refractivity contribution >= 4 is 10.8 Å². The second-order valence-corrected chi connectivity index (χ2v) is 5.80. The number of aryl methyl sites for hydroxylation is 1. The first-order valence-corrected chi connectivity index (χ1v) is 7.80. The number of fused-ring (bicyclic) bond motifs is 2. The molecule has 4 rings (SSSR count). The minimum Gasteiger partial charge on any atom is -0.388 e. The highest BCUT2D eigenvalue weighted by atomic mass is 16.4. The Morgan fingerprint density at radius 3 is 2.32 bits per heavy atom. The molecule has 0 amide bonds. The van der Waals surface area contributed by atoms with Crippen molar-refractivity contribution in [3.8, 4) is 0 Å². The number of rotatable bonds is 1. The molecule has 1 heteroatoms. The molecule has 0 spiro atoms. The molecule has 1 aliphatic rings. The van der Waals surface area contributed by atoms with Crippen LogP contribution < -0.4 is 0 Å². The zero-order valence-electron chi connectivity index (χ0n) is 13.3. The maximum absolute atomic E-state index is 4.25. The van der Waals surface area contributed by atoms with Crippen LogP contribution in [0.15, 0.2) is 66.7 Å². The van der Waals surface area contributed by atoms with Crippen molar-refractivity contribution in [2.24, 2.45) is 0 Å². The van der Waals surface area contributed by atoms with E-state index in [1.54, 1.807) is 14.2 Å². The summed E-state index contributed by atoms with van der Waals surface area (Å²) in [6.07, 6.45) is 2.46. The lowest BCUT2D eigenvalue weighted by molar-refractivity contribution is 0.277. The van der Waals surface area contributed by atoms with Gasteiger partial charge in [-0.05, 0) is 40.3 Å². The molecule has 1 nitrogen and oxygen atoms in total. The Morgan fingerprint density at radius 1 is 0.818 bits per heavy atom. The summed E-state index contributed by atoms with van der Waals surface area (Å²) in [5.74, 6) is 0.584. The van der Waals surface area contributed by atoms with Gasteiger partial charge in [0.05, 0.1) is 0 Å². The summed E-state index contributed by atoms with van der Waals surface area (Å²) in [7, 11) is 3.25. The molecule has 0 fully saturated rings. The van der Waals surface area contributed by atoms with Gasteiger partial charge in [-0.25, -0.2) is 0 Å². The Hall–Kier alpha value is -2.12. The summed E-state index contributed by atoms with van der Waals surface area (Å²) in [5, 5.41) is 2.68. The Kier molecular flexibility index (Phi) is 4.55. The van der Waals surface area contributed by atoms with E-state index in [-0.39, 0.29) is 0 Å². The molecule has 0 saturated heterocycles. The van der Waals surface area contributed by atoms with E-state index in [1.807, 2.05) is 0 Å². The zero-order chi connectivity index (χ0) is 15.4. The maximum atomic E-state index is 4.25. The van der Waals surface area contributed by atoms with Gasteiger partial charge in [0.25, 0.3) is 0 Å². The lowest BCUT2D eigenvalue weighted by Crippen LogP contribution is -1.95. The fraction of sp³-hybridized carbons (Fsp3) is 0.238. The third-order valence-electron chi connectivity index (χ3n) is 4.31. The van der Waals surface area contributed by atoms with Crippen LogP contribution in [0.1, 0.15) is 29.0 Å². The molecule has 22 heavy (non-hydrogen) atoms. The Labute approximate surface area is 132 Å². The van der Waals surface area contributed by atoms with E-state index in [0.29, 0.717) is 5.92 Å². The van der Waals surface area contributed by atoms with Crippen LogP contribution in [-0.4, -0.2) is 14.2 Å². The molecule has 0 N–H and O–H groups in total. The summed E-state index contributed by atoms with van der Waals surface area (Å²) in [5.41, 5.74) is 4.52. The average Bonchev–Trinajstić information content (AvgIpc) is 2.99. The lowest BCUT2D eigenvalue weighted by Gasteiger charge is -2.13. The van der Waals surface area contributed by atoms with Gasteiger partial charge < -0.3 is 4.74 Å². The molecule has 3 aromatic carbocycles. The Balaban J connectivity index is 0.000000446. The summed E-state index contributed by atoms with van der Waals surface area (Å²) in [4.78, 5) is 0. The van der Waals surface area contributed by atoms with Crippen molar-refractivity contribution < 1.29 is 4.74 Å². The maximum Gasteiger partial charge on any atom is 0.0351 e. The standard InChI is InChI=1S/C19H16.C2H6O/c1-2-7-16-13-17(10-9-14(16)5-1)19-12-11-15-6-3-4-8-18(15)19;1-3-2/h1-10,13,19H,11-12H2;1-2H3/t19-;/m1./s1. The predicted octanol–water partition coefficient (Wildman–Crippen LogP) is 5.18. The quantitative estimate of drug-likeness (QED) is 0.600. The van der Waals surface area contributed by atoms with Crippen LogP contribution in [0, 0.1) is 0 Å². The molecular weight excluding hydrogens is 268 g/mol. The van der Waals surface area contributed by atoms with E-state index in [4.69, 9.17) is 0 Å². The van der Waals surface area contributed by atoms with Crippen LogP contribution in [0.4, 0.5) is 0 Å². The molecule has 0 radical (unpaired) electrons. The van der Waals surface area contributed by atoms with Crippen LogP contribution >= 0.6 is 0 Å². The topological polar surface area (TPSA) is 9.23 Å². The monoisotopic (exact) mass is 290 g/mol. The molecule has 3 aromatic rings. The molecule has 0 heterocycles. The molecule has 0 bridgehead atoms. The van der Waals surface area contributed by atoms with Gasteiger partial charge in [-0.3, -0.25) is 0 Å². The fourth-order valence-electron chi connectivity index (χ4n) is 3.33. The smallest absolute Gasteiger partial charge is 0.0351 e.